The molecule has 0 fully saturated rings. The highest BCUT2D eigenvalue weighted by Gasteiger charge is 2.09. The molecule has 0 radical (unpaired) electrons. The van der Waals surface area contributed by atoms with Gasteiger partial charge in [0.1, 0.15) is 11.3 Å². The topological polar surface area (TPSA) is 30.7 Å². The average molecular weight is 224 g/mol. The fourth-order valence-corrected chi connectivity index (χ4v) is 1.92. The molecule has 0 aromatic carbocycles. The Bertz CT molecular complexity index is 476. The van der Waals surface area contributed by atoms with E-state index in [1.54, 1.807) is 0 Å². The number of aromatic nitrogens is 3. The van der Waals surface area contributed by atoms with E-state index in [2.05, 4.69) is 21.5 Å². The zero-order valence-corrected chi connectivity index (χ0v) is 9.75. The number of imidazole rings is 1. The summed E-state index contributed by atoms with van der Waals surface area (Å²) in [7, 11) is 0. The maximum Gasteiger partial charge on any atom is 0.160 e. The third kappa shape index (κ3) is 1.84. The summed E-state index contributed by atoms with van der Waals surface area (Å²) >= 11 is 5.87. The lowest BCUT2D eigenvalue weighted by atomic mass is 10.3. The first kappa shape index (κ1) is 10.4. The summed E-state index contributed by atoms with van der Waals surface area (Å²) in [6, 6.07) is 2.05. The average Bonchev–Trinajstić information content (AvgIpc) is 2.56. The molecule has 0 bridgehead atoms. The number of halogens is 1. The Morgan fingerprint density at radius 2 is 2.27 bits per heavy atom. The molecule has 0 amide bonds. The van der Waals surface area contributed by atoms with Gasteiger partial charge in [-0.3, -0.25) is 0 Å². The van der Waals surface area contributed by atoms with E-state index in [1.165, 1.54) is 0 Å². The van der Waals surface area contributed by atoms with Gasteiger partial charge in [-0.15, -0.1) is 11.6 Å². The minimum atomic E-state index is 0.440. The van der Waals surface area contributed by atoms with E-state index in [0.29, 0.717) is 5.88 Å². The van der Waals surface area contributed by atoms with E-state index in [0.717, 1.165) is 35.5 Å². The molecule has 0 atom stereocenters. The van der Waals surface area contributed by atoms with Gasteiger partial charge in [-0.2, -0.15) is 0 Å². The van der Waals surface area contributed by atoms with Crippen LogP contribution in [0.25, 0.3) is 11.2 Å². The fourth-order valence-electron chi connectivity index (χ4n) is 1.72. The third-order valence-electron chi connectivity index (χ3n) is 2.37. The molecule has 2 rings (SSSR count). The van der Waals surface area contributed by atoms with Gasteiger partial charge in [-0.05, 0) is 25.0 Å². The Morgan fingerprint density at radius 3 is 2.93 bits per heavy atom. The lowest BCUT2D eigenvalue weighted by molar-refractivity contribution is 0.667. The van der Waals surface area contributed by atoms with Crippen LogP contribution in [-0.2, 0) is 12.4 Å². The molecule has 0 aliphatic rings. The molecule has 0 spiro atoms. The normalized spacial score (nSPS) is 11.1. The molecule has 0 unspecified atom stereocenters. The zero-order valence-electron chi connectivity index (χ0n) is 9.00. The molecule has 0 aliphatic heterocycles. The van der Waals surface area contributed by atoms with Crippen LogP contribution in [0.2, 0.25) is 0 Å². The second-order valence-corrected chi connectivity index (χ2v) is 3.94. The van der Waals surface area contributed by atoms with Crippen molar-refractivity contribution in [1.82, 2.24) is 14.5 Å². The Hall–Kier alpha value is -1.09. The molecule has 4 heteroatoms. The second-order valence-electron chi connectivity index (χ2n) is 3.67. The number of nitrogens with zero attached hydrogens (tertiary/aromatic N) is 3. The molecule has 2 aromatic heterocycles. The van der Waals surface area contributed by atoms with Crippen molar-refractivity contribution >= 4 is 22.8 Å². The van der Waals surface area contributed by atoms with Gasteiger partial charge in [0.2, 0.25) is 0 Å². The van der Waals surface area contributed by atoms with Crippen LogP contribution in [-0.4, -0.2) is 14.5 Å². The molecule has 2 heterocycles. The number of hydrogen-bond acceptors (Lipinski definition) is 2. The van der Waals surface area contributed by atoms with Crippen LogP contribution in [0.5, 0.6) is 0 Å². The minimum absolute atomic E-state index is 0.440. The lowest BCUT2D eigenvalue weighted by Crippen LogP contribution is -2.02. The molecule has 0 aliphatic carbocycles. The number of aryl methyl sites for hydroxylation is 2. The van der Waals surface area contributed by atoms with E-state index in [9.17, 15) is 0 Å². The number of rotatable bonds is 3. The molecule has 0 saturated carbocycles. The summed E-state index contributed by atoms with van der Waals surface area (Å²) in [6.45, 7) is 5.08. The van der Waals surface area contributed by atoms with Crippen molar-refractivity contribution in [2.24, 2.45) is 0 Å². The van der Waals surface area contributed by atoms with Gasteiger partial charge in [0, 0.05) is 12.7 Å². The second kappa shape index (κ2) is 4.19. The van der Waals surface area contributed by atoms with E-state index in [4.69, 9.17) is 11.6 Å². The largest absolute Gasteiger partial charge is 0.312 e. The van der Waals surface area contributed by atoms with Crippen molar-refractivity contribution in [3.8, 4) is 0 Å². The summed E-state index contributed by atoms with van der Waals surface area (Å²) in [6.07, 6.45) is 2.93. The Kier molecular flexibility index (Phi) is 2.91. The monoisotopic (exact) mass is 223 g/mol. The lowest BCUT2D eigenvalue weighted by Gasteiger charge is -2.03. The summed E-state index contributed by atoms with van der Waals surface area (Å²) < 4.78 is 2.10. The van der Waals surface area contributed by atoms with Crippen molar-refractivity contribution in [2.75, 3.05) is 0 Å². The predicted molar refractivity (Wildman–Crippen MR) is 62.1 cm³/mol. The van der Waals surface area contributed by atoms with Crippen LogP contribution in [0, 0.1) is 6.92 Å². The summed E-state index contributed by atoms with van der Waals surface area (Å²) in [4.78, 5) is 8.89. The number of fused-ring (bicyclic) bond motifs is 1. The Balaban J connectivity index is 2.63. The van der Waals surface area contributed by atoms with Crippen LogP contribution in [0.15, 0.2) is 12.3 Å². The van der Waals surface area contributed by atoms with Gasteiger partial charge in [0.05, 0.1) is 5.88 Å². The van der Waals surface area contributed by atoms with Gasteiger partial charge >= 0.3 is 0 Å². The van der Waals surface area contributed by atoms with Crippen LogP contribution in [0.4, 0.5) is 0 Å². The molecular formula is C11H14ClN3. The molecule has 0 N–H and O–H groups in total. The van der Waals surface area contributed by atoms with Gasteiger partial charge in [0.15, 0.2) is 5.65 Å². The molecule has 0 saturated heterocycles. The number of pyridine rings is 1. The smallest absolute Gasteiger partial charge is 0.160 e. The Morgan fingerprint density at radius 1 is 1.47 bits per heavy atom. The molecule has 80 valence electrons. The highest BCUT2D eigenvalue weighted by molar-refractivity contribution is 6.16. The molecule has 2 aromatic rings. The summed E-state index contributed by atoms with van der Waals surface area (Å²) in [5.74, 6) is 1.35. The quantitative estimate of drug-likeness (QED) is 0.750. The van der Waals surface area contributed by atoms with Crippen molar-refractivity contribution in [3.63, 3.8) is 0 Å². The molecule has 15 heavy (non-hydrogen) atoms. The van der Waals surface area contributed by atoms with Gasteiger partial charge in [-0.25, -0.2) is 9.97 Å². The predicted octanol–water partition coefficient (Wildman–Crippen LogP) is 2.89. The summed E-state index contributed by atoms with van der Waals surface area (Å²) in [5.41, 5.74) is 3.02. The number of alkyl halides is 1. The maximum absolute atomic E-state index is 5.87. The van der Waals surface area contributed by atoms with E-state index in [1.807, 2.05) is 19.2 Å². The highest BCUT2D eigenvalue weighted by Crippen LogP contribution is 2.16. The maximum atomic E-state index is 5.87. The van der Waals surface area contributed by atoms with Crippen LogP contribution in [0.1, 0.15) is 24.7 Å². The van der Waals surface area contributed by atoms with Crippen LogP contribution < -0.4 is 0 Å². The minimum Gasteiger partial charge on any atom is -0.312 e. The van der Waals surface area contributed by atoms with E-state index < -0.39 is 0 Å². The van der Waals surface area contributed by atoms with E-state index >= 15 is 0 Å². The van der Waals surface area contributed by atoms with Crippen molar-refractivity contribution in [3.05, 3.63) is 23.7 Å². The van der Waals surface area contributed by atoms with E-state index in [-0.39, 0.29) is 0 Å². The van der Waals surface area contributed by atoms with Crippen LogP contribution >= 0.6 is 11.6 Å². The van der Waals surface area contributed by atoms with Gasteiger partial charge < -0.3 is 4.57 Å². The van der Waals surface area contributed by atoms with Gasteiger partial charge in [0.25, 0.3) is 0 Å². The SMILES string of the molecule is CCCn1c(CCl)nc2cc(C)cnc21. The third-order valence-corrected chi connectivity index (χ3v) is 2.61. The van der Waals surface area contributed by atoms with Crippen LogP contribution in [0.3, 0.4) is 0 Å². The first-order chi connectivity index (χ1) is 7.26. The van der Waals surface area contributed by atoms with Crippen molar-refractivity contribution in [1.29, 1.82) is 0 Å². The Labute approximate surface area is 94.1 Å². The summed E-state index contributed by atoms with van der Waals surface area (Å²) in [5, 5.41) is 0. The molecule has 3 nitrogen and oxygen atoms in total. The number of hydrogen-bond donors (Lipinski definition) is 0. The van der Waals surface area contributed by atoms with Gasteiger partial charge in [-0.1, -0.05) is 6.92 Å². The first-order valence-electron chi connectivity index (χ1n) is 5.14. The fraction of sp³-hybridized carbons (Fsp3) is 0.455. The zero-order chi connectivity index (χ0) is 10.8. The first-order valence-corrected chi connectivity index (χ1v) is 5.67. The van der Waals surface area contributed by atoms with Crippen molar-refractivity contribution < 1.29 is 0 Å². The standard InChI is InChI=1S/C11H14ClN3/c1-3-4-15-10(6-12)14-9-5-8(2)7-13-11(9)15/h5,7H,3-4,6H2,1-2H3. The molecular weight excluding hydrogens is 210 g/mol. The highest BCUT2D eigenvalue weighted by atomic mass is 35.5. The van der Waals surface area contributed by atoms with Crippen molar-refractivity contribution in [2.45, 2.75) is 32.7 Å².